The molecule has 1 aromatic heterocycles. The predicted molar refractivity (Wildman–Crippen MR) is 80.2 cm³/mol. The lowest BCUT2D eigenvalue weighted by Gasteiger charge is -2.21. The quantitative estimate of drug-likeness (QED) is 0.755. The van der Waals surface area contributed by atoms with Gasteiger partial charge in [0.1, 0.15) is 5.82 Å². The molecule has 0 unspecified atom stereocenters. The van der Waals surface area contributed by atoms with Crippen LogP contribution in [-0.2, 0) is 10.5 Å². The summed E-state index contributed by atoms with van der Waals surface area (Å²) in [6.07, 6.45) is 2.48. The maximum Gasteiger partial charge on any atom is 0.231 e. The zero-order valence-corrected chi connectivity index (χ0v) is 12.6. The molecular weight excluding hydrogens is 260 g/mol. The summed E-state index contributed by atoms with van der Waals surface area (Å²) >= 11 is 1.65. The first-order chi connectivity index (χ1) is 8.99. The molecule has 1 aromatic rings. The van der Waals surface area contributed by atoms with Crippen LogP contribution in [0.15, 0.2) is 18.3 Å². The Morgan fingerprint density at radius 1 is 1.53 bits per heavy atom. The van der Waals surface area contributed by atoms with Gasteiger partial charge in [0.25, 0.3) is 0 Å². The van der Waals surface area contributed by atoms with Crippen LogP contribution in [-0.4, -0.2) is 28.4 Å². The molecule has 0 saturated carbocycles. The third-order valence-corrected chi connectivity index (χ3v) is 4.08. The van der Waals surface area contributed by atoms with E-state index in [0.717, 1.165) is 17.7 Å². The van der Waals surface area contributed by atoms with Crippen molar-refractivity contribution in [1.82, 2.24) is 4.98 Å². The van der Waals surface area contributed by atoms with Gasteiger partial charge in [-0.05, 0) is 24.1 Å². The third-order valence-electron chi connectivity index (χ3n) is 3.07. The number of nitrogens with one attached hydrogen (secondary N) is 1. The molecule has 0 atom stereocenters. The van der Waals surface area contributed by atoms with Crippen molar-refractivity contribution in [1.29, 1.82) is 0 Å². The molecule has 0 spiro atoms. The molecule has 106 valence electrons. The molecule has 5 heteroatoms. The van der Waals surface area contributed by atoms with Crippen molar-refractivity contribution < 1.29 is 9.90 Å². The van der Waals surface area contributed by atoms with Crippen LogP contribution in [0.1, 0.15) is 32.8 Å². The molecule has 0 bridgehead atoms. The monoisotopic (exact) mass is 282 g/mol. The number of anilines is 1. The molecule has 1 heterocycles. The Balaban J connectivity index is 2.64. The maximum absolute atomic E-state index is 12.0. The smallest absolute Gasteiger partial charge is 0.231 e. The maximum atomic E-state index is 12.0. The van der Waals surface area contributed by atoms with Crippen LogP contribution in [0.5, 0.6) is 0 Å². The number of aromatic nitrogens is 1. The van der Waals surface area contributed by atoms with E-state index in [1.54, 1.807) is 18.0 Å². The van der Waals surface area contributed by atoms with E-state index in [1.165, 1.54) is 0 Å². The molecule has 0 fully saturated rings. The van der Waals surface area contributed by atoms with Gasteiger partial charge in [0.15, 0.2) is 0 Å². The van der Waals surface area contributed by atoms with Crippen LogP contribution < -0.4 is 5.32 Å². The van der Waals surface area contributed by atoms with Gasteiger partial charge in [-0.15, -0.1) is 0 Å². The minimum Gasteiger partial charge on any atom is -0.396 e. The van der Waals surface area contributed by atoms with Crippen molar-refractivity contribution in [2.24, 2.45) is 5.41 Å². The Kier molecular flexibility index (Phi) is 6.31. The molecule has 0 aliphatic heterocycles. The van der Waals surface area contributed by atoms with E-state index in [4.69, 9.17) is 5.11 Å². The van der Waals surface area contributed by atoms with Gasteiger partial charge in [0, 0.05) is 23.1 Å². The predicted octanol–water partition coefficient (Wildman–Crippen LogP) is 2.68. The molecule has 1 amide bonds. The fraction of sp³-hybridized carbons (Fsp3) is 0.571. The van der Waals surface area contributed by atoms with E-state index >= 15 is 0 Å². The van der Waals surface area contributed by atoms with Crippen LogP contribution in [0, 0.1) is 5.41 Å². The lowest BCUT2D eigenvalue weighted by Crippen LogP contribution is -2.30. The summed E-state index contributed by atoms with van der Waals surface area (Å²) in [7, 11) is 0. The molecule has 0 aliphatic rings. The van der Waals surface area contributed by atoms with E-state index in [9.17, 15) is 4.79 Å². The molecule has 0 aromatic carbocycles. The average Bonchev–Trinajstić information content (AvgIpc) is 2.39. The van der Waals surface area contributed by atoms with Crippen molar-refractivity contribution in [2.75, 3.05) is 17.7 Å². The Morgan fingerprint density at radius 3 is 2.89 bits per heavy atom. The Morgan fingerprint density at radius 2 is 2.26 bits per heavy atom. The summed E-state index contributed by atoms with van der Waals surface area (Å²) in [5.74, 6) is 2.10. The number of carbonyl (C=O) groups is 1. The summed E-state index contributed by atoms with van der Waals surface area (Å²) in [5, 5.41) is 11.6. The topological polar surface area (TPSA) is 62.2 Å². The van der Waals surface area contributed by atoms with E-state index in [0.29, 0.717) is 11.6 Å². The number of aliphatic hydroxyl groups excluding tert-OH is 1. The molecular formula is C14H22N2O2S. The second-order valence-corrected chi connectivity index (χ2v) is 6.12. The first-order valence-corrected chi connectivity index (χ1v) is 7.60. The highest BCUT2D eigenvalue weighted by Gasteiger charge is 2.25. The number of thioether (sulfide) groups is 1. The highest BCUT2D eigenvalue weighted by molar-refractivity contribution is 7.98. The van der Waals surface area contributed by atoms with Gasteiger partial charge in [0.2, 0.25) is 5.91 Å². The number of aliphatic hydroxyl groups is 1. The van der Waals surface area contributed by atoms with Crippen LogP contribution in [0.3, 0.4) is 0 Å². The van der Waals surface area contributed by atoms with Crippen molar-refractivity contribution in [3.8, 4) is 0 Å². The second-order valence-electron chi connectivity index (χ2n) is 5.02. The van der Waals surface area contributed by atoms with Gasteiger partial charge in [0.05, 0.1) is 6.61 Å². The number of carbonyl (C=O) groups excluding carboxylic acids is 1. The van der Waals surface area contributed by atoms with Gasteiger partial charge in [-0.3, -0.25) is 4.79 Å². The summed E-state index contributed by atoms with van der Waals surface area (Å²) < 4.78 is 0. The number of amides is 1. The number of hydrogen-bond donors (Lipinski definition) is 2. The van der Waals surface area contributed by atoms with E-state index < -0.39 is 0 Å². The largest absolute Gasteiger partial charge is 0.396 e. The first-order valence-electron chi connectivity index (χ1n) is 6.44. The minimum atomic E-state index is -0.386. The summed E-state index contributed by atoms with van der Waals surface area (Å²) in [5.41, 5.74) is 0.710. The molecule has 2 N–H and O–H groups in total. The first kappa shape index (κ1) is 16.0. The molecule has 19 heavy (non-hydrogen) atoms. The second kappa shape index (κ2) is 7.50. The van der Waals surface area contributed by atoms with E-state index in [1.807, 2.05) is 32.9 Å². The zero-order valence-electron chi connectivity index (χ0n) is 11.8. The molecule has 1 rings (SSSR count). The summed E-state index contributed by atoms with van der Waals surface area (Å²) in [6.45, 7) is 6.02. The molecule has 0 saturated heterocycles. The fourth-order valence-electron chi connectivity index (χ4n) is 1.33. The highest BCUT2D eigenvalue weighted by atomic mass is 32.2. The molecule has 0 aliphatic carbocycles. The van der Waals surface area contributed by atoms with E-state index in [2.05, 4.69) is 10.3 Å². The number of pyridine rings is 1. The highest BCUT2D eigenvalue weighted by Crippen LogP contribution is 2.22. The van der Waals surface area contributed by atoms with Gasteiger partial charge in [-0.1, -0.05) is 20.8 Å². The van der Waals surface area contributed by atoms with Crippen LogP contribution in [0.2, 0.25) is 0 Å². The SMILES string of the molecule is CCC(C)(C)C(=O)Nc1cc(CSCCO)ccn1. The molecule has 4 nitrogen and oxygen atoms in total. The van der Waals surface area contributed by atoms with Gasteiger partial charge >= 0.3 is 0 Å². The number of rotatable bonds is 7. The van der Waals surface area contributed by atoms with Gasteiger partial charge in [-0.25, -0.2) is 4.98 Å². The Bertz CT molecular complexity index is 422. The molecule has 0 radical (unpaired) electrons. The van der Waals surface area contributed by atoms with Crippen molar-refractivity contribution >= 4 is 23.5 Å². The summed E-state index contributed by atoms with van der Waals surface area (Å²) in [4.78, 5) is 16.2. The zero-order chi connectivity index (χ0) is 14.3. The van der Waals surface area contributed by atoms with Crippen LogP contribution >= 0.6 is 11.8 Å². The van der Waals surface area contributed by atoms with Gasteiger partial charge < -0.3 is 10.4 Å². The summed E-state index contributed by atoms with van der Waals surface area (Å²) in [6, 6.07) is 3.80. The fourth-order valence-corrected chi connectivity index (χ4v) is 2.02. The number of nitrogens with zero attached hydrogens (tertiary/aromatic N) is 1. The number of hydrogen-bond acceptors (Lipinski definition) is 4. The minimum absolute atomic E-state index is 0.0114. The van der Waals surface area contributed by atoms with Crippen molar-refractivity contribution in [3.63, 3.8) is 0 Å². The van der Waals surface area contributed by atoms with Crippen molar-refractivity contribution in [2.45, 2.75) is 32.9 Å². The normalized spacial score (nSPS) is 11.4. The van der Waals surface area contributed by atoms with Crippen molar-refractivity contribution in [3.05, 3.63) is 23.9 Å². The standard InChI is InChI=1S/C14H22N2O2S/c1-4-14(2,3)13(18)16-12-9-11(5-6-15-12)10-19-8-7-17/h5-6,9,17H,4,7-8,10H2,1-3H3,(H,15,16,18). The third kappa shape index (κ3) is 5.20. The average molecular weight is 282 g/mol. The Labute approximate surface area is 119 Å². The lowest BCUT2D eigenvalue weighted by atomic mass is 9.89. The Hall–Kier alpha value is -1.07. The van der Waals surface area contributed by atoms with Crippen LogP contribution in [0.25, 0.3) is 0 Å². The lowest BCUT2D eigenvalue weighted by molar-refractivity contribution is -0.124. The van der Waals surface area contributed by atoms with Gasteiger partial charge in [-0.2, -0.15) is 11.8 Å². The van der Waals surface area contributed by atoms with E-state index in [-0.39, 0.29) is 17.9 Å². The van der Waals surface area contributed by atoms with Crippen LogP contribution in [0.4, 0.5) is 5.82 Å².